The maximum Gasteiger partial charge on any atom is 0.166 e. The molecule has 0 saturated heterocycles. The Labute approximate surface area is 126 Å². The molecular formula is C16H24N4O. The lowest BCUT2D eigenvalue weighted by molar-refractivity contribution is 0.175. The maximum absolute atomic E-state index is 9.46. The van der Waals surface area contributed by atoms with Gasteiger partial charge in [-0.2, -0.15) is 10.4 Å². The number of aromatic nitrogens is 2. The third kappa shape index (κ3) is 3.51. The first-order valence-electron chi connectivity index (χ1n) is 7.71. The average Bonchev–Trinajstić information content (AvgIpc) is 3.30. The van der Waals surface area contributed by atoms with Crippen LogP contribution in [-0.2, 0) is 17.6 Å². The van der Waals surface area contributed by atoms with Gasteiger partial charge in [-0.1, -0.05) is 13.8 Å². The molecule has 5 heteroatoms. The van der Waals surface area contributed by atoms with Crippen LogP contribution >= 0.6 is 0 Å². The average molecular weight is 288 g/mol. The number of nitriles is 1. The van der Waals surface area contributed by atoms with E-state index in [1.165, 1.54) is 12.8 Å². The van der Waals surface area contributed by atoms with Crippen molar-refractivity contribution in [3.63, 3.8) is 0 Å². The minimum Gasteiger partial charge on any atom is -0.385 e. The predicted molar refractivity (Wildman–Crippen MR) is 82.2 cm³/mol. The van der Waals surface area contributed by atoms with Crippen molar-refractivity contribution in [1.82, 2.24) is 10.2 Å². The van der Waals surface area contributed by atoms with Crippen LogP contribution < -0.4 is 5.32 Å². The van der Waals surface area contributed by atoms with Gasteiger partial charge < -0.3 is 10.1 Å². The van der Waals surface area contributed by atoms with Crippen LogP contribution in [0.25, 0.3) is 0 Å². The largest absolute Gasteiger partial charge is 0.385 e. The molecule has 1 N–H and O–H groups in total. The highest BCUT2D eigenvalue weighted by Gasteiger charge is 2.42. The van der Waals surface area contributed by atoms with Gasteiger partial charge in [0, 0.05) is 20.3 Å². The number of nitrogens with one attached hydrogen (secondary N) is 1. The SMILES string of the molecule is CCc1nnc(NCC2(CCOC)CC2)c(C#N)c1CC. The van der Waals surface area contributed by atoms with E-state index in [2.05, 4.69) is 28.5 Å². The van der Waals surface area contributed by atoms with Crippen LogP contribution in [0.4, 0.5) is 5.82 Å². The van der Waals surface area contributed by atoms with Crippen molar-refractivity contribution >= 4 is 5.82 Å². The number of anilines is 1. The highest BCUT2D eigenvalue weighted by molar-refractivity contribution is 5.56. The summed E-state index contributed by atoms with van der Waals surface area (Å²) in [7, 11) is 1.74. The zero-order chi connectivity index (χ0) is 15.3. The van der Waals surface area contributed by atoms with Crippen LogP contribution in [0.5, 0.6) is 0 Å². The fraction of sp³-hybridized carbons (Fsp3) is 0.688. The number of methoxy groups -OCH3 is 1. The molecule has 2 rings (SSSR count). The van der Waals surface area contributed by atoms with Gasteiger partial charge in [0.2, 0.25) is 0 Å². The molecular weight excluding hydrogens is 264 g/mol. The Morgan fingerprint density at radius 3 is 2.57 bits per heavy atom. The zero-order valence-electron chi connectivity index (χ0n) is 13.2. The van der Waals surface area contributed by atoms with Crippen LogP contribution in [0.3, 0.4) is 0 Å². The second-order valence-electron chi connectivity index (χ2n) is 5.76. The molecule has 0 aliphatic heterocycles. The third-order valence-electron chi connectivity index (χ3n) is 4.38. The van der Waals surface area contributed by atoms with Crippen molar-refractivity contribution in [2.45, 2.75) is 46.0 Å². The van der Waals surface area contributed by atoms with Crippen LogP contribution in [0.2, 0.25) is 0 Å². The molecule has 1 aromatic heterocycles. The molecule has 1 aliphatic carbocycles. The molecule has 1 saturated carbocycles. The summed E-state index contributed by atoms with van der Waals surface area (Å²) in [5, 5.41) is 21.3. The minimum atomic E-state index is 0.320. The van der Waals surface area contributed by atoms with E-state index >= 15 is 0 Å². The van der Waals surface area contributed by atoms with E-state index in [9.17, 15) is 5.26 Å². The normalized spacial score (nSPS) is 15.5. The van der Waals surface area contributed by atoms with Crippen LogP contribution in [0.1, 0.15) is 49.9 Å². The molecule has 114 valence electrons. The smallest absolute Gasteiger partial charge is 0.166 e. The summed E-state index contributed by atoms with van der Waals surface area (Å²) in [6, 6.07) is 2.30. The second-order valence-corrected chi connectivity index (χ2v) is 5.76. The quantitative estimate of drug-likeness (QED) is 0.796. The van der Waals surface area contributed by atoms with Crippen molar-refractivity contribution in [2.75, 3.05) is 25.6 Å². The predicted octanol–water partition coefficient (Wildman–Crippen LogP) is 2.70. The Bertz CT molecular complexity index is 532. The van der Waals surface area contributed by atoms with Gasteiger partial charge in [0.15, 0.2) is 5.82 Å². The molecule has 0 radical (unpaired) electrons. The molecule has 1 heterocycles. The molecule has 0 spiro atoms. The van der Waals surface area contributed by atoms with Gasteiger partial charge in [-0.25, -0.2) is 0 Å². The summed E-state index contributed by atoms with van der Waals surface area (Å²) in [6.45, 7) is 5.73. The fourth-order valence-corrected chi connectivity index (χ4v) is 2.70. The van der Waals surface area contributed by atoms with E-state index < -0.39 is 0 Å². The fourth-order valence-electron chi connectivity index (χ4n) is 2.70. The summed E-state index contributed by atoms with van der Waals surface area (Å²) in [4.78, 5) is 0. The van der Waals surface area contributed by atoms with Crippen molar-refractivity contribution < 1.29 is 4.74 Å². The molecule has 0 bridgehead atoms. The van der Waals surface area contributed by atoms with Gasteiger partial charge in [0.05, 0.1) is 5.69 Å². The number of rotatable bonds is 8. The Hall–Kier alpha value is -1.67. The Balaban J connectivity index is 2.12. The highest BCUT2D eigenvalue weighted by Crippen LogP contribution is 2.48. The number of hydrogen-bond acceptors (Lipinski definition) is 5. The van der Waals surface area contributed by atoms with Crippen molar-refractivity contribution in [3.05, 3.63) is 16.8 Å². The van der Waals surface area contributed by atoms with Crippen LogP contribution in [-0.4, -0.2) is 30.5 Å². The molecule has 1 fully saturated rings. The molecule has 0 atom stereocenters. The first-order valence-corrected chi connectivity index (χ1v) is 7.71. The summed E-state index contributed by atoms with van der Waals surface area (Å²) >= 11 is 0. The first-order chi connectivity index (χ1) is 10.2. The van der Waals surface area contributed by atoms with E-state index in [4.69, 9.17) is 4.74 Å². The van der Waals surface area contributed by atoms with Gasteiger partial charge in [-0.05, 0) is 43.1 Å². The molecule has 0 amide bonds. The lowest BCUT2D eigenvalue weighted by Gasteiger charge is -2.17. The van der Waals surface area contributed by atoms with E-state index in [1.807, 2.05) is 6.92 Å². The Kier molecular flexibility index (Phi) is 5.13. The molecule has 0 unspecified atom stereocenters. The third-order valence-corrected chi connectivity index (χ3v) is 4.38. The molecule has 5 nitrogen and oxygen atoms in total. The molecule has 1 aliphatic rings. The lowest BCUT2D eigenvalue weighted by atomic mass is 10.0. The second kappa shape index (κ2) is 6.86. The van der Waals surface area contributed by atoms with Crippen molar-refractivity contribution in [1.29, 1.82) is 5.26 Å². The van der Waals surface area contributed by atoms with Gasteiger partial charge >= 0.3 is 0 Å². The van der Waals surface area contributed by atoms with E-state index in [1.54, 1.807) is 7.11 Å². The number of nitrogens with zero attached hydrogens (tertiary/aromatic N) is 3. The van der Waals surface area contributed by atoms with E-state index in [0.717, 1.165) is 43.7 Å². The van der Waals surface area contributed by atoms with Crippen LogP contribution in [0.15, 0.2) is 0 Å². The van der Waals surface area contributed by atoms with Crippen LogP contribution in [0, 0.1) is 16.7 Å². The lowest BCUT2D eigenvalue weighted by Crippen LogP contribution is -2.19. The highest BCUT2D eigenvalue weighted by atomic mass is 16.5. The summed E-state index contributed by atoms with van der Waals surface area (Å²) in [5.41, 5.74) is 2.94. The van der Waals surface area contributed by atoms with Gasteiger partial charge in [-0.15, -0.1) is 5.10 Å². The number of ether oxygens (including phenoxy) is 1. The zero-order valence-corrected chi connectivity index (χ0v) is 13.2. The summed E-state index contributed by atoms with van der Waals surface area (Å²) < 4.78 is 5.17. The van der Waals surface area contributed by atoms with Crippen molar-refractivity contribution in [3.8, 4) is 6.07 Å². The molecule has 0 aromatic carbocycles. The van der Waals surface area contributed by atoms with Gasteiger partial charge in [-0.3, -0.25) is 0 Å². The summed E-state index contributed by atoms with van der Waals surface area (Å²) in [6.07, 6.45) is 5.10. The van der Waals surface area contributed by atoms with E-state index in [0.29, 0.717) is 16.8 Å². The minimum absolute atomic E-state index is 0.320. The summed E-state index contributed by atoms with van der Waals surface area (Å²) in [5.74, 6) is 0.634. The standard InChI is InChI=1S/C16H24N4O/c1-4-12-13(10-17)15(20-19-14(12)5-2)18-11-16(6-7-16)8-9-21-3/h4-9,11H2,1-3H3,(H,18,20). The Morgan fingerprint density at radius 2 is 2.05 bits per heavy atom. The number of hydrogen-bond donors (Lipinski definition) is 1. The topological polar surface area (TPSA) is 70.8 Å². The molecule has 1 aromatic rings. The number of aryl methyl sites for hydroxylation is 1. The monoisotopic (exact) mass is 288 g/mol. The first kappa shape index (κ1) is 15.7. The van der Waals surface area contributed by atoms with Gasteiger partial charge in [0.25, 0.3) is 0 Å². The van der Waals surface area contributed by atoms with Crippen molar-refractivity contribution in [2.24, 2.45) is 5.41 Å². The van der Waals surface area contributed by atoms with E-state index in [-0.39, 0.29) is 0 Å². The maximum atomic E-state index is 9.46. The Morgan fingerprint density at radius 1 is 1.29 bits per heavy atom. The van der Waals surface area contributed by atoms with Gasteiger partial charge in [0.1, 0.15) is 11.6 Å². The molecule has 21 heavy (non-hydrogen) atoms.